The van der Waals surface area contributed by atoms with E-state index in [4.69, 9.17) is 17.4 Å². The van der Waals surface area contributed by atoms with Gasteiger partial charge in [-0.2, -0.15) is 0 Å². The average molecular weight is 251 g/mol. The summed E-state index contributed by atoms with van der Waals surface area (Å²) in [7, 11) is 1.66. The Balaban J connectivity index is 1.91. The fraction of sp³-hybridized carbons (Fsp3) is 0.545. The zero-order chi connectivity index (χ0) is 11.8. The lowest BCUT2D eigenvalue weighted by Crippen LogP contribution is -2.41. The summed E-state index contributed by atoms with van der Waals surface area (Å²) in [4.78, 5) is 4.67. The first-order valence-electron chi connectivity index (χ1n) is 5.81. The third-order valence-electron chi connectivity index (χ3n) is 3.15. The highest BCUT2D eigenvalue weighted by molar-refractivity contribution is 7.84. The molecule has 3 aliphatic rings. The van der Waals surface area contributed by atoms with Crippen LogP contribution in [0.5, 0.6) is 0 Å². The number of nitrogens with one attached hydrogen (secondary N) is 1. The Morgan fingerprint density at radius 2 is 2.29 bits per heavy atom. The molecule has 3 rings (SSSR count). The van der Waals surface area contributed by atoms with Crippen LogP contribution in [0.3, 0.4) is 0 Å². The average Bonchev–Trinajstić information content (AvgIpc) is 2.73. The monoisotopic (exact) mass is 251 g/mol. The number of allylic oxidation sites excluding steroid dienone is 1. The molecule has 0 saturated heterocycles. The molecule has 6 heteroatoms. The van der Waals surface area contributed by atoms with Gasteiger partial charge < -0.3 is 4.74 Å². The third-order valence-corrected chi connectivity index (χ3v) is 3.58. The Morgan fingerprint density at radius 1 is 1.47 bits per heavy atom. The summed E-state index contributed by atoms with van der Waals surface area (Å²) in [5.41, 5.74) is 5.56. The SMILES string of the molecule is COCN1C=C2N=C3CCCCC3=C([S])N2N1. The van der Waals surface area contributed by atoms with Crippen LogP contribution in [0, 0.1) is 0 Å². The number of rotatable bonds is 2. The van der Waals surface area contributed by atoms with Crippen LogP contribution in [0.2, 0.25) is 0 Å². The van der Waals surface area contributed by atoms with Gasteiger partial charge in [-0.05, 0) is 25.7 Å². The summed E-state index contributed by atoms with van der Waals surface area (Å²) in [6, 6.07) is 0. The van der Waals surface area contributed by atoms with E-state index in [1.807, 2.05) is 16.2 Å². The Hall–Kier alpha value is -1.11. The first-order chi connectivity index (χ1) is 8.29. The molecule has 0 aromatic carbocycles. The van der Waals surface area contributed by atoms with Gasteiger partial charge in [-0.25, -0.2) is 10.0 Å². The first kappa shape index (κ1) is 11.0. The maximum atomic E-state index is 5.52. The van der Waals surface area contributed by atoms with Gasteiger partial charge >= 0.3 is 0 Å². The van der Waals surface area contributed by atoms with Crippen LogP contribution in [-0.2, 0) is 4.74 Å². The maximum Gasteiger partial charge on any atom is 0.167 e. The number of hydrazine groups is 2. The van der Waals surface area contributed by atoms with Gasteiger partial charge in [-0.3, -0.25) is 5.01 Å². The molecule has 17 heavy (non-hydrogen) atoms. The van der Waals surface area contributed by atoms with Crippen LogP contribution in [-0.4, -0.2) is 29.6 Å². The van der Waals surface area contributed by atoms with Crippen LogP contribution in [0.25, 0.3) is 0 Å². The van der Waals surface area contributed by atoms with Gasteiger partial charge in [0.2, 0.25) is 0 Å². The molecule has 0 unspecified atom stereocenters. The van der Waals surface area contributed by atoms with E-state index in [0.29, 0.717) is 6.73 Å². The Bertz CT molecular complexity index is 429. The van der Waals surface area contributed by atoms with Crippen molar-refractivity contribution >= 4 is 18.3 Å². The van der Waals surface area contributed by atoms with Crippen molar-refractivity contribution in [2.75, 3.05) is 13.8 Å². The second-order valence-corrected chi connectivity index (χ2v) is 4.75. The molecule has 2 aliphatic heterocycles. The van der Waals surface area contributed by atoms with Gasteiger partial charge in [-0.1, -0.05) is 12.6 Å². The van der Waals surface area contributed by atoms with Gasteiger partial charge in [-0.15, -0.1) is 5.53 Å². The largest absolute Gasteiger partial charge is 0.363 e. The second-order valence-electron chi connectivity index (χ2n) is 4.36. The number of hydrogen-bond donors (Lipinski definition) is 1. The highest BCUT2D eigenvalue weighted by Gasteiger charge is 2.31. The molecule has 91 valence electrons. The molecule has 0 atom stereocenters. The van der Waals surface area contributed by atoms with E-state index in [2.05, 4.69) is 10.5 Å². The van der Waals surface area contributed by atoms with Crippen LogP contribution >= 0.6 is 12.6 Å². The quantitative estimate of drug-likeness (QED) is 0.813. The minimum atomic E-state index is 0.475. The van der Waals surface area contributed by atoms with E-state index in [-0.39, 0.29) is 0 Å². The van der Waals surface area contributed by atoms with Crippen molar-refractivity contribution in [1.29, 1.82) is 0 Å². The van der Waals surface area contributed by atoms with E-state index in [1.54, 1.807) is 7.11 Å². The molecule has 0 amide bonds. The maximum absolute atomic E-state index is 5.52. The smallest absolute Gasteiger partial charge is 0.167 e. The zero-order valence-corrected chi connectivity index (χ0v) is 10.6. The zero-order valence-electron chi connectivity index (χ0n) is 9.77. The molecule has 1 N–H and O–H groups in total. The molecule has 1 fully saturated rings. The highest BCUT2D eigenvalue weighted by Crippen LogP contribution is 2.34. The standard InChI is InChI=1S/C11H15N4OS/c1-16-7-14-6-10-12-9-5-3-2-4-8(9)11(17)15(10)13-14/h6,13H,2-5,7H2,1H3. The van der Waals surface area contributed by atoms with Crippen LogP contribution < -0.4 is 5.53 Å². The Labute approximate surface area is 106 Å². The van der Waals surface area contributed by atoms with Crippen molar-refractivity contribution in [3.05, 3.63) is 22.6 Å². The van der Waals surface area contributed by atoms with Crippen molar-refractivity contribution in [1.82, 2.24) is 15.6 Å². The molecule has 1 radical (unpaired) electrons. The molecule has 0 spiro atoms. The predicted octanol–water partition coefficient (Wildman–Crippen LogP) is 1.86. The van der Waals surface area contributed by atoms with E-state index in [9.17, 15) is 0 Å². The summed E-state index contributed by atoms with van der Waals surface area (Å²) in [6.45, 7) is 0.475. The van der Waals surface area contributed by atoms with Crippen molar-refractivity contribution in [3.8, 4) is 0 Å². The van der Waals surface area contributed by atoms with Gasteiger partial charge in [0.1, 0.15) is 11.8 Å². The summed E-state index contributed by atoms with van der Waals surface area (Å²) >= 11 is 5.52. The minimum Gasteiger partial charge on any atom is -0.363 e. The van der Waals surface area contributed by atoms with E-state index < -0.39 is 0 Å². The molecule has 0 bridgehead atoms. The lowest BCUT2D eigenvalue weighted by Gasteiger charge is -2.30. The van der Waals surface area contributed by atoms with Gasteiger partial charge in [0, 0.05) is 18.4 Å². The molecule has 1 aliphatic carbocycles. The summed E-state index contributed by atoms with van der Waals surface area (Å²) < 4.78 is 5.08. The minimum absolute atomic E-state index is 0.475. The highest BCUT2D eigenvalue weighted by atomic mass is 32.1. The number of hydrogen-bond acceptors (Lipinski definition) is 5. The summed E-state index contributed by atoms with van der Waals surface area (Å²) in [6.07, 6.45) is 6.45. The molecule has 0 aromatic heterocycles. The lowest BCUT2D eigenvalue weighted by molar-refractivity contribution is 0.0360. The number of aliphatic imine (C=N–C) groups is 1. The van der Waals surface area contributed by atoms with Gasteiger partial charge in [0.25, 0.3) is 0 Å². The fourth-order valence-electron chi connectivity index (χ4n) is 2.36. The van der Waals surface area contributed by atoms with Gasteiger partial charge in [0.15, 0.2) is 5.82 Å². The van der Waals surface area contributed by atoms with Crippen molar-refractivity contribution in [3.63, 3.8) is 0 Å². The number of nitrogens with zero attached hydrogens (tertiary/aromatic N) is 3. The van der Waals surface area contributed by atoms with E-state index in [1.165, 1.54) is 24.1 Å². The van der Waals surface area contributed by atoms with Crippen molar-refractivity contribution < 1.29 is 4.74 Å². The Kier molecular flexibility index (Phi) is 2.78. The number of ether oxygens (including phenoxy) is 1. The topological polar surface area (TPSA) is 40.1 Å². The Morgan fingerprint density at radius 3 is 3.12 bits per heavy atom. The summed E-state index contributed by atoms with van der Waals surface area (Å²) in [5.74, 6) is 0.868. The molecular weight excluding hydrogens is 236 g/mol. The fourth-order valence-corrected chi connectivity index (χ4v) is 2.71. The van der Waals surface area contributed by atoms with Crippen molar-refractivity contribution in [2.24, 2.45) is 4.99 Å². The first-order valence-corrected chi connectivity index (χ1v) is 6.22. The predicted molar refractivity (Wildman–Crippen MR) is 67.3 cm³/mol. The van der Waals surface area contributed by atoms with Crippen LogP contribution in [0.1, 0.15) is 25.7 Å². The van der Waals surface area contributed by atoms with E-state index in [0.717, 1.165) is 23.7 Å². The summed E-state index contributed by atoms with van der Waals surface area (Å²) in [5, 5.41) is 4.56. The molecule has 1 saturated carbocycles. The normalized spacial score (nSPS) is 23.4. The van der Waals surface area contributed by atoms with Crippen molar-refractivity contribution in [2.45, 2.75) is 25.7 Å². The van der Waals surface area contributed by atoms with E-state index >= 15 is 0 Å². The van der Waals surface area contributed by atoms with Crippen LogP contribution in [0.15, 0.2) is 27.6 Å². The van der Waals surface area contributed by atoms with Crippen LogP contribution in [0.4, 0.5) is 0 Å². The molecular formula is C11H15N4OS. The molecule has 0 aromatic rings. The van der Waals surface area contributed by atoms with Gasteiger partial charge in [0.05, 0.1) is 6.20 Å². The molecule has 5 nitrogen and oxygen atoms in total. The lowest BCUT2D eigenvalue weighted by atomic mass is 9.92. The second kappa shape index (κ2) is 4.29. The molecule has 2 heterocycles. The number of fused-ring (bicyclic) bond motifs is 2. The number of methoxy groups -OCH3 is 1. The third kappa shape index (κ3) is 1.82.